The highest BCUT2D eigenvalue weighted by molar-refractivity contribution is 6.42. The fraction of sp³-hybridized carbons (Fsp3) is 0.360. The lowest BCUT2D eigenvalue weighted by Gasteiger charge is -2.27. The Bertz CT molecular complexity index is 1080. The van der Waals surface area contributed by atoms with Gasteiger partial charge in [-0.05, 0) is 68.1 Å². The summed E-state index contributed by atoms with van der Waals surface area (Å²) in [4.78, 5) is 50.4. The van der Waals surface area contributed by atoms with E-state index in [1.807, 2.05) is 13.8 Å². The molecule has 0 saturated heterocycles. The van der Waals surface area contributed by atoms with Crippen molar-refractivity contribution in [3.8, 4) is 0 Å². The van der Waals surface area contributed by atoms with Crippen LogP contribution in [0.5, 0.6) is 0 Å². The molecule has 0 heterocycles. The molecule has 0 aliphatic carbocycles. The predicted molar refractivity (Wildman–Crippen MR) is 130 cm³/mol. The van der Waals surface area contributed by atoms with E-state index in [0.717, 1.165) is 0 Å². The van der Waals surface area contributed by atoms with Crippen molar-refractivity contribution >= 4 is 52.5 Å². The minimum Gasteiger partial charge on any atom is -0.478 e. The van der Waals surface area contributed by atoms with Crippen LogP contribution in [0.1, 0.15) is 56.5 Å². The highest BCUT2D eigenvalue weighted by Gasteiger charge is 2.30. The lowest BCUT2D eigenvalue weighted by Crippen LogP contribution is -2.37. The Hall–Kier alpha value is -2.90. The number of ketones is 1. The van der Waals surface area contributed by atoms with Crippen LogP contribution in [0.4, 0.5) is 5.69 Å². The van der Waals surface area contributed by atoms with Gasteiger partial charge in [-0.25, -0.2) is 9.59 Å². The van der Waals surface area contributed by atoms with Crippen LogP contribution in [0.3, 0.4) is 0 Å². The summed E-state index contributed by atoms with van der Waals surface area (Å²) in [6.45, 7) is 7.37. The van der Waals surface area contributed by atoms with Gasteiger partial charge in [-0.15, -0.1) is 0 Å². The molecule has 34 heavy (non-hydrogen) atoms. The highest BCUT2D eigenvalue weighted by atomic mass is 35.5. The highest BCUT2D eigenvalue weighted by Crippen LogP contribution is 2.26. The number of anilines is 1. The number of aromatic carboxylic acids is 1. The Morgan fingerprint density at radius 2 is 1.62 bits per heavy atom. The lowest BCUT2D eigenvalue weighted by molar-refractivity contribution is -0.165. The molecule has 0 radical (unpaired) electrons. The van der Waals surface area contributed by atoms with E-state index >= 15 is 0 Å². The van der Waals surface area contributed by atoms with Crippen molar-refractivity contribution in [3.05, 3.63) is 63.6 Å². The zero-order chi connectivity index (χ0) is 25.6. The van der Waals surface area contributed by atoms with Crippen LogP contribution in [0.2, 0.25) is 10.0 Å². The van der Waals surface area contributed by atoms with Gasteiger partial charge in [-0.2, -0.15) is 0 Å². The molecule has 0 atom stereocenters. The number of benzene rings is 2. The summed E-state index contributed by atoms with van der Waals surface area (Å²) < 4.78 is 5.33. The van der Waals surface area contributed by atoms with Crippen LogP contribution in [0.15, 0.2) is 42.5 Å². The first kappa shape index (κ1) is 27.3. The summed E-state index contributed by atoms with van der Waals surface area (Å²) in [6, 6.07) is 10.4. The number of halogens is 2. The first-order valence-electron chi connectivity index (χ1n) is 10.6. The fourth-order valence-corrected chi connectivity index (χ4v) is 3.89. The predicted octanol–water partition coefficient (Wildman–Crippen LogP) is 5.55. The third kappa shape index (κ3) is 7.85. The molecule has 2 aromatic rings. The number of rotatable bonds is 10. The van der Waals surface area contributed by atoms with Crippen molar-refractivity contribution < 1.29 is 29.0 Å². The van der Waals surface area contributed by atoms with E-state index in [2.05, 4.69) is 0 Å². The molecule has 0 spiro atoms. The van der Waals surface area contributed by atoms with E-state index in [4.69, 9.17) is 33.0 Å². The van der Waals surface area contributed by atoms with Gasteiger partial charge in [0.25, 0.3) is 0 Å². The number of carboxylic acids is 1. The Morgan fingerprint density at radius 3 is 2.15 bits per heavy atom. The number of nitrogens with zero attached hydrogens (tertiary/aromatic N) is 1. The zero-order valence-electron chi connectivity index (χ0n) is 19.4. The van der Waals surface area contributed by atoms with E-state index < -0.39 is 35.7 Å². The summed E-state index contributed by atoms with van der Waals surface area (Å²) in [5.74, 6) is -3.57. The van der Waals surface area contributed by atoms with E-state index in [-0.39, 0.29) is 18.0 Å². The molecule has 0 aromatic heterocycles. The number of hydrogen-bond donors (Lipinski definition) is 1. The topological polar surface area (TPSA) is 101 Å². The average molecular weight is 508 g/mol. The first-order valence-corrected chi connectivity index (χ1v) is 11.4. The maximum Gasteiger partial charge on any atom is 0.375 e. The van der Waals surface area contributed by atoms with Crippen LogP contribution in [-0.2, 0) is 25.7 Å². The Labute approximate surface area is 208 Å². The lowest BCUT2D eigenvalue weighted by atomic mass is 9.96. The van der Waals surface area contributed by atoms with Gasteiger partial charge in [0.15, 0.2) is 0 Å². The Kier molecular flexibility index (Phi) is 9.24. The molecule has 7 nitrogen and oxygen atoms in total. The Morgan fingerprint density at radius 1 is 1.00 bits per heavy atom. The molecule has 9 heteroatoms. The van der Waals surface area contributed by atoms with Crippen LogP contribution < -0.4 is 4.90 Å². The van der Waals surface area contributed by atoms with Gasteiger partial charge in [0.05, 0.1) is 28.6 Å². The van der Waals surface area contributed by atoms with Gasteiger partial charge >= 0.3 is 11.9 Å². The number of carbonyl (C=O) groups is 4. The largest absolute Gasteiger partial charge is 0.478 e. The molecule has 0 bridgehead atoms. The number of Topliss-reactive ketones (excluding diaryl/α,β-unsaturated/α-hetero) is 1. The summed E-state index contributed by atoms with van der Waals surface area (Å²) >= 11 is 12.1. The third-order valence-electron chi connectivity index (χ3n) is 4.86. The summed E-state index contributed by atoms with van der Waals surface area (Å²) in [5.41, 5.74) is 0.161. The van der Waals surface area contributed by atoms with Crippen LogP contribution in [0.25, 0.3) is 0 Å². The number of ether oxygens (including phenoxy) is 1. The van der Waals surface area contributed by atoms with Crippen LogP contribution in [-0.4, -0.2) is 34.3 Å². The van der Waals surface area contributed by atoms with Crippen molar-refractivity contribution in [2.24, 2.45) is 5.92 Å². The minimum absolute atomic E-state index is 0.0172. The number of carboxylic acid groups (broad SMARTS) is 1. The van der Waals surface area contributed by atoms with Crippen molar-refractivity contribution in [1.29, 1.82) is 0 Å². The maximum absolute atomic E-state index is 13.1. The monoisotopic (exact) mass is 507 g/mol. The molecule has 1 amide bonds. The van der Waals surface area contributed by atoms with Gasteiger partial charge in [0, 0.05) is 5.69 Å². The van der Waals surface area contributed by atoms with Gasteiger partial charge in [-0.1, -0.05) is 43.1 Å². The van der Waals surface area contributed by atoms with Gasteiger partial charge < -0.3 is 14.7 Å². The summed E-state index contributed by atoms with van der Waals surface area (Å²) in [7, 11) is 0. The minimum atomic E-state index is -1.11. The first-order chi connectivity index (χ1) is 15.8. The summed E-state index contributed by atoms with van der Waals surface area (Å²) in [6.07, 6.45) is -0.155. The fourth-order valence-electron chi connectivity index (χ4n) is 3.57. The second-order valence-corrected chi connectivity index (χ2v) is 9.74. The molecule has 0 fully saturated rings. The van der Waals surface area contributed by atoms with E-state index in [1.165, 1.54) is 29.2 Å². The molecule has 0 aliphatic rings. The molecule has 0 saturated carbocycles. The normalized spacial score (nSPS) is 11.3. The quantitative estimate of drug-likeness (QED) is 0.257. The molecule has 1 N–H and O–H groups in total. The number of esters is 1. The second kappa shape index (κ2) is 11.5. The smallest absolute Gasteiger partial charge is 0.375 e. The molecular formula is C25H27Cl2NO6. The van der Waals surface area contributed by atoms with Crippen molar-refractivity contribution in [2.75, 3.05) is 4.90 Å². The van der Waals surface area contributed by atoms with E-state index in [9.17, 15) is 19.2 Å². The second-order valence-electron chi connectivity index (χ2n) is 8.93. The van der Waals surface area contributed by atoms with Crippen LogP contribution >= 0.6 is 23.2 Å². The average Bonchev–Trinajstić information content (AvgIpc) is 2.73. The maximum atomic E-state index is 13.1. The zero-order valence-corrected chi connectivity index (χ0v) is 20.9. The molecule has 0 unspecified atom stereocenters. The number of carbonyl (C=O) groups excluding carboxylic acids is 3. The molecule has 2 rings (SSSR count). The van der Waals surface area contributed by atoms with Gasteiger partial charge in [0.2, 0.25) is 11.7 Å². The van der Waals surface area contributed by atoms with Gasteiger partial charge in [0.1, 0.15) is 5.60 Å². The molecule has 2 aromatic carbocycles. The number of amides is 1. The standard InChI is InChI=1S/C25H27Cl2NO6/c1-15(2)13-25(3,4)34-24(33)21(29)12-22(30)28(14-16-5-10-19(26)20(27)11-16)18-8-6-17(7-9-18)23(31)32/h5-11,15H,12-14H2,1-4H3,(H,31,32). The van der Waals surface area contributed by atoms with E-state index in [1.54, 1.807) is 32.0 Å². The van der Waals surface area contributed by atoms with Crippen molar-refractivity contribution in [2.45, 2.75) is 52.7 Å². The molecule has 182 valence electrons. The molecule has 0 aliphatic heterocycles. The van der Waals surface area contributed by atoms with Gasteiger partial charge in [-0.3, -0.25) is 9.59 Å². The van der Waals surface area contributed by atoms with E-state index in [0.29, 0.717) is 27.7 Å². The number of hydrogen-bond acceptors (Lipinski definition) is 5. The van der Waals surface area contributed by atoms with Crippen molar-refractivity contribution in [1.82, 2.24) is 0 Å². The summed E-state index contributed by atoms with van der Waals surface area (Å²) in [5, 5.41) is 9.77. The van der Waals surface area contributed by atoms with Crippen molar-refractivity contribution in [3.63, 3.8) is 0 Å². The molecular weight excluding hydrogens is 481 g/mol. The SMILES string of the molecule is CC(C)CC(C)(C)OC(=O)C(=O)CC(=O)N(Cc1ccc(Cl)c(Cl)c1)c1ccc(C(=O)O)cc1. The Balaban J connectivity index is 2.25. The van der Waals surface area contributed by atoms with Crippen LogP contribution in [0, 0.1) is 5.92 Å². The third-order valence-corrected chi connectivity index (χ3v) is 5.60.